The predicted octanol–water partition coefficient (Wildman–Crippen LogP) is 4.14. The molecule has 2 atom stereocenters. The van der Waals surface area contributed by atoms with Gasteiger partial charge in [-0.1, -0.05) is 28.4 Å². The molecule has 0 bridgehead atoms. The van der Waals surface area contributed by atoms with Crippen molar-refractivity contribution in [1.29, 1.82) is 0 Å². The SMILES string of the molecule is CC1=C(Br)c2nsnc2C(Br)CC1C. The highest BCUT2D eigenvalue weighted by Gasteiger charge is 2.27. The lowest BCUT2D eigenvalue weighted by molar-refractivity contribution is 0.614. The molecule has 2 nitrogen and oxygen atoms in total. The van der Waals surface area contributed by atoms with Crippen LogP contribution in [0.1, 0.15) is 36.5 Å². The second-order valence-electron chi connectivity index (χ2n) is 3.60. The number of allylic oxidation sites excluding steroid dienone is 1. The molecule has 0 amide bonds. The third-order valence-electron chi connectivity index (χ3n) is 2.66. The monoisotopic (exact) mass is 336 g/mol. The van der Waals surface area contributed by atoms with Gasteiger partial charge in [0, 0.05) is 4.48 Å². The van der Waals surface area contributed by atoms with Crippen molar-refractivity contribution in [1.82, 2.24) is 8.75 Å². The van der Waals surface area contributed by atoms with E-state index < -0.39 is 0 Å². The minimum Gasteiger partial charge on any atom is -0.176 e. The average Bonchev–Trinajstić information content (AvgIpc) is 2.60. The van der Waals surface area contributed by atoms with Crippen LogP contribution in [0.25, 0.3) is 4.48 Å². The van der Waals surface area contributed by atoms with Crippen molar-refractivity contribution in [2.24, 2.45) is 5.92 Å². The predicted molar refractivity (Wildman–Crippen MR) is 66.9 cm³/mol. The Morgan fingerprint density at radius 1 is 1.43 bits per heavy atom. The molecule has 0 N–H and O–H groups in total. The van der Waals surface area contributed by atoms with E-state index in [1.165, 1.54) is 17.3 Å². The molecular weight excluding hydrogens is 328 g/mol. The van der Waals surface area contributed by atoms with E-state index in [0.29, 0.717) is 10.7 Å². The zero-order chi connectivity index (χ0) is 10.3. The second kappa shape index (κ2) is 4.02. The smallest absolute Gasteiger partial charge is 0.115 e. The van der Waals surface area contributed by atoms with Gasteiger partial charge in [0.1, 0.15) is 5.69 Å². The van der Waals surface area contributed by atoms with Gasteiger partial charge in [0.2, 0.25) is 0 Å². The minimum atomic E-state index is 0.330. The lowest BCUT2D eigenvalue weighted by Gasteiger charge is -2.12. The molecule has 2 unspecified atom stereocenters. The molecule has 0 spiro atoms. The Labute approximate surface area is 104 Å². The second-order valence-corrected chi connectivity index (χ2v) is 6.03. The van der Waals surface area contributed by atoms with E-state index >= 15 is 0 Å². The molecule has 0 fully saturated rings. The van der Waals surface area contributed by atoms with Crippen molar-refractivity contribution in [3.63, 3.8) is 0 Å². The summed E-state index contributed by atoms with van der Waals surface area (Å²) in [6, 6.07) is 0. The highest BCUT2D eigenvalue weighted by atomic mass is 79.9. The lowest BCUT2D eigenvalue weighted by atomic mass is 9.99. The number of hydrogen-bond donors (Lipinski definition) is 0. The van der Waals surface area contributed by atoms with Gasteiger partial charge in [-0.05, 0) is 35.2 Å². The summed E-state index contributed by atoms with van der Waals surface area (Å²) in [6.07, 6.45) is 1.08. The molecule has 14 heavy (non-hydrogen) atoms. The van der Waals surface area contributed by atoms with Crippen LogP contribution in [0.4, 0.5) is 0 Å². The van der Waals surface area contributed by atoms with E-state index in [1.54, 1.807) is 0 Å². The summed E-state index contributed by atoms with van der Waals surface area (Å²) in [7, 11) is 0. The number of nitrogens with zero attached hydrogens (tertiary/aromatic N) is 2. The quantitative estimate of drug-likeness (QED) is 0.665. The molecular formula is C9H10Br2N2S. The minimum absolute atomic E-state index is 0.330. The van der Waals surface area contributed by atoms with Crippen LogP contribution in [0, 0.1) is 5.92 Å². The van der Waals surface area contributed by atoms with Crippen LogP contribution in [0.2, 0.25) is 0 Å². The summed E-state index contributed by atoms with van der Waals surface area (Å²) < 4.78 is 9.79. The topological polar surface area (TPSA) is 25.8 Å². The fraction of sp³-hybridized carbons (Fsp3) is 0.556. The first kappa shape index (κ1) is 10.8. The Hall–Kier alpha value is 0.260. The van der Waals surface area contributed by atoms with Gasteiger partial charge < -0.3 is 0 Å². The van der Waals surface area contributed by atoms with E-state index in [2.05, 4.69) is 54.5 Å². The van der Waals surface area contributed by atoms with E-state index in [4.69, 9.17) is 0 Å². The molecule has 0 radical (unpaired) electrons. The number of rotatable bonds is 0. The van der Waals surface area contributed by atoms with Crippen LogP contribution in [-0.2, 0) is 0 Å². The number of aromatic nitrogens is 2. The molecule has 1 heterocycles. The van der Waals surface area contributed by atoms with E-state index in [1.807, 2.05) is 0 Å². The number of alkyl halides is 1. The van der Waals surface area contributed by atoms with E-state index in [9.17, 15) is 0 Å². The number of fused-ring (bicyclic) bond motifs is 1. The fourth-order valence-corrected chi connectivity index (χ4v) is 3.98. The molecule has 1 aliphatic rings. The molecule has 0 aliphatic heterocycles. The first-order valence-electron chi connectivity index (χ1n) is 4.44. The molecule has 0 saturated heterocycles. The van der Waals surface area contributed by atoms with Gasteiger partial charge in [0.15, 0.2) is 0 Å². The van der Waals surface area contributed by atoms with E-state index in [0.717, 1.165) is 22.3 Å². The van der Waals surface area contributed by atoms with Crippen LogP contribution >= 0.6 is 43.6 Å². The van der Waals surface area contributed by atoms with Crippen LogP contribution in [0.5, 0.6) is 0 Å². The molecule has 1 aromatic rings. The molecule has 1 aliphatic carbocycles. The third-order valence-corrected chi connectivity index (χ3v) is 5.02. The number of halogens is 2. The van der Waals surface area contributed by atoms with Crippen LogP contribution in [-0.4, -0.2) is 8.75 Å². The molecule has 76 valence electrons. The summed E-state index contributed by atoms with van der Waals surface area (Å²) in [6.45, 7) is 4.39. The maximum absolute atomic E-state index is 4.34. The summed E-state index contributed by atoms with van der Waals surface area (Å²) in [5.74, 6) is 0.565. The van der Waals surface area contributed by atoms with Crippen molar-refractivity contribution in [3.8, 4) is 0 Å². The Morgan fingerprint density at radius 3 is 2.86 bits per heavy atom. The zero-order valence-corrected chi connectivity index (χ0v) is 11.9. The van der Waals surface area contributed by atoms with Gasteiger partial charge in [0.05, 0.1) is 22.2 Å². The van der Waals surface area contributed by atoms with E-state index in [-0.39, 0.29) is 0 Å². The maximum Gasteiger partial charge on any atom is 0.115 e. The average molecular weight is 338 g/mol. The van der Waals surface area contributed by atoms with Gasteiger partial charge in [0.25, 0.3) is 0 Å². The summed E-state index contributed by atoms with van der Waals surface area (Å²) in [5.41, 5.74) is 3.45. The van der Waals surface area contributed by atoms with Crippen molar-refractivity contribution in [2.45, 2.75) is 25.1 Å². The Kier molecular flexibility index (Phi) is 3.09. The van der Waals surface area contributed by atoms with Gasteiger partial charge in [-0.15, -0.1) is 0 Å². The lowest BCUT2D eigenvalue weighted by Crippen LogP contribution is -1.98. The molecule has 0 aromatic carbocycles. The van der Waals surface area contributed by atoms with Gasteiger partial charge >= 0.3 is 0 Å². The first-order valence-corrected chi connectivity index (χ1v) is 6.88. The number of hydrogen-bond acceptors (Lipinski definition) is 3. The Bertz CT molecular complexity index is 386. The zero-order valence-electron chi connectivity index (χ0n) is 7.92. The highest BCUT2D eigenvalue weighted by Crippen LogP contribution is 2.43. The molecule has 5 heteroatoms. The molecule has 2 rings (SSSR count). The van der Waals surface area contributed by atoms with Crippen LogP contribution in [0.15, 0.2) is 5.57 Å². The fourth-order valence-electron chi connectivity index (χ4n) is 1.56. The standard InChI is InChI=1S/C9H10Br2N2S/c1-4-3-6(10)8-9(13-14-12-8)7(11)5(4)2/h4,6H,3H2,1-2H3. The highest BCUT2D eigenvalue weighted by molar-refractivity contribution is 9.15. The third kappa shape index (κ3) is 1.70. The molecule has 1 aromatic heterocycles. The van der Waals surface area contributed by atoms with Crippen LogP contribution < -0.4 is 0 Å². The van der Waals surface area contributed by atoms with Crippen molar-refractivity contribution in [3.05, 3.63) is 17.0 Å². The normalized spacial score (nSPS) is 27.4. The largest absolute Gasteiger partial charge is 0.176 e. The summed E-state index contributed by atoms with van der Waals surface area (Å²) in [5, 5.41) is 0. The Balaban J connectivity index is 2.57. The molecule has 0 saturated carbocycles. The van der Waals surface area contributed by atoms with Crippen LogP contribution in [0.3, 0.4) is 0 Å². The van der Waals surface area contributed by atoms with Crippen molar-refractivity contribution in [2.75, 3.05) is 0 Å². The van der Waals surface area contributed by atoms with Gasteiger partial charge in [-0.25, -0.2) is 0 Å². The maximum atomic E-state index is 4.34. The van der Waals surface area contributed by atoms with Crippen molar-refractivity contribution >= 4 is 48.1 Å². The van der Waals surface area contributed by atoms with Crippen molar-refractivity contribution < 1.29 is 0 Å². The summed E-state index contributed by atoms with van der Waals surface area (Å²) >= 11 is 8.56. The van der Waals surface area contributed by atoms with Gasteiger partial charge in [-0.2, -0.15) is 8.75 Å². The summed E-state index contributed by atoms with van der Waals surface area (Å²) in [4.78, 5) is 0.330. The van der Waals surface area contributed by atoms with Gasteiger partial charge in [-0.3, -0.25) is 0 Å². The first-order chi connectivity index (χ1) is 6.61. The Morgan fingerprint density at radius 2 is 2.14 bits per heavy atom.